The lowest BCUT2D eigenvalue weighted by atomic mass is 9.91. The monoisotopic (exact) mass is 476 g/mol. The third kappa shape index (κ3) is 4.17. The van der Waals surface area contributed by atoms with E-state index in [4.69, 9.17) is 4.74 Å². The number of nitrogens with one attached hydrogen (secondary N) is 1. The molecular weight excluding hydrogens is 444 g/mol. The summed E-state index contributed by atoms with van der Waals surface area (Å²) in [6.07, 6.45) is 3.87. The van der Waals surface area contributed by atoms with Gasteiger partial charge in [0.2, 0.25) is 5.91 Å². The molecule has 1 unspecified atom stereocenters. The van der Waals surface area contributed by atoms with Crippen LogP contribution in [0.25, 0.3) is 11.1 Å². The summed E-state index contributed by atoms with van der Waals surface area (Å²) in [5.74, 6) is -1.23. The van der Waals surface area contributed by atoms with Crippen LogP contribution in [0.5, 0.6) is 0 Å². The smallest absolute Gasteiger partial charge is 0.407 e. The van der Waals surface area contributed by atoms with Crippen LogP contribution in [0.4, 0.5) is 4.79 Å². The number of hydrogen-bond donors (Lipinski definition) is 2. The molecule has 1 heterocycles. The van der Waals surface area contributed by atoms with Gasteiger partial charge in [0, 0.05) is 12.5 Å². The normalized spacial score (nSPS) is 22.5. The number of hydrogen-bond acceptors (Lipinski definition) is 4. The quantitative estimate of drug-likeness (QED) is 0.630. The van der Waals surface area contributed by atoms with E-state index in [9.17, 15) is 19.5 Å². The Balaban J connectivity index is 1.26. The number of likely N-dealkylation sites (tertiary alicyclic amines) is 1. The lowest BCUT2D eigenvalue weighted by Crippen LogP contribution is -2.55. The second-order valence-corrected chi connectivity index (χ2v) is 10.3. The van der Waals surface area contributed by atoms with Crippen molar-refractivity contribution >= 4 is 18.0 Å². The number of aliphatic carboxylic acids is 1. The third-order valence-electron chi connectivity index (χ3n) is 8.16. The van der Waals surface area contributed by atoms with Crippen LogP contribution < -0.4 is 5.32 Å². The number of carboxylic acid groups (broad SMARTS) is 1. The van der Waals surface area contributed by atoms with Crippen LogP contribution in [0, 0.1) is 0 Å². The van der Waals surface area contributed by atoms with E-state index < -0.39 is 23.1 Å². The Labute approximate surface area is 205 Å². The summed E-state index contributed by atoms with van der Waals surface area (Å²) in [6.45, 7) is 2.26. The first-order chi connectivity index (χ1) is 16.8. The molecule has 184 valence electrons. The van der Waals surface area contributed by atoms with Crippen LogP contribution in [0.1, 0.15) is 68.9 Å². The zero-order valence-corrected chi connectivity index (χ0v) is 20.1. The lowest BCUT2D eigenvalue weighted by Gasteiger charge is -2.36. The molecule has 7 heteroatoms. The van der Waals surface area contributed by atoms with Gasteiger partial charge in [-0.25, -0.2) is 9.59 Å². The van der Waals surface area contributed by atoms with Crippen molar-refractivity contribution in [2.75, 3.05) is 13.2 Å². The van der Waals surface area contributed by atoms with Crippen molar-refractivity contribution in [2.45, 2.75) is 68.9 Å². The molecule has 3 aliphatic rings. The largest absolute Gasteiger partial charge is 0.480 e. The van der Waals surface area contributed by atoms with Crippen molar-refractivity contribution in [2.24, 2.45) is 0 Å². The topological polar surface area (TPSA) is 95.9 Å². The number of nitrogens with zero attached hydrogens (tertiary/aromatic N) is 1. The maximum Gasteiger partial charge on any atom is 0.407 e. The van der Waals surface area contributed by atoms with Crippen molar-refractivity contribution in [1.82, 2.24) is 10.2 Å². The first kappa shape index (κ1) is 23.4. The molecule has 1 atom stereocenters. The Morgan fingerprint density at radius 2 is 1.57 bits per heavy atom. The van der Waals surface area contributed by atoms with Crippen molar-refractivity contribution in [3.63, 3.8) is 0 Å². The Bertz CT molecular complexity index is 1110. The highest BCUT2D eigenvalue weighted by Crippen LogP contribution is 2.44. The molecule has 2 fully saturated rings. The van der Waals surface area contributed by atoms with Gasteiger partial charge >= 0.3 is 12.1 Å². The molecule has 5 rings (SSSR count). The summed E-state index contributed by atoms with van der Waals surface area (Å²) in [4.78, 5) is 39.5. The minimum Gasteiger partial charge on any atom is -0.480 e. The molecular formula is C28H32N2O5. The van der Waals surface area contributed by atoms with Crippen molar-refractivity contribution in [3.8, 4) is 11.1 Å². The number of carboxylic acids is 1. The Kier molecular flexibility index (Phi) is 6.03. The van der Waals surface area contributed by atoms with E-state index in [2.05, 4.69) is 29.6 Å². The Hall–Kier alpha value is -3.35. The number of carbonyl (C=O) groups is 3. The van der Waals surface area contributed by atoms with Gasteiger partial charge in [-0.2, -0.15) is 0 Å². The first-order valence-corrected chi connectivity index (χ1v) is 12.5. The fourth-order valence-corrected chi connectivity index (χ4v) is 6.22. The zero-order chi connectivity index (χ0) is 24.6. The summed E-state index contributed by atoms with van der Waals surface area (Å²) in [6, 6.07) is 16.4. The summed E-state index contributed by atoms with van der Waals surface area (Å²) in [7, 11) is 0. The van der Waals surface area contributed by atoms with E-state index >= 15 is 0 Å². The van der Waals surface area contributed by atoms with Gasteiger partial charge in [0.25, 0.3) is 0 Å². The zero-order valence-electron chi connectivity index (χ0n) is 20.1. The maximum absolute atomic E-state index is 13.2. The molecule has 0 spiro atoms. The van der Waals surface area contributed by atoms with Crippen molar-refractivity contribution < 1.29 is 24.2 Å². The van der Waals surface area contributed by atoms with E-state index in [-0.39, 0.29) is 24.9 Å². The molecule has 0 aromatic heterocycles. The summed E-state index contributed by atoms with van der Waals surface area (Å²) in [5.41, 5.74) is 2.76. The van der Waals surface area contributed by atoms with Gasteiger partial charge in [-0.05, 0) is 54.9 Å². The van der Waals surface area contributed by atoms with Gasteiger partial charge in [-0.15, -0.1) is 0 Å². The average Bonchev–Trinajstić information content (AvgIpc) is 3.54. The highest BCUT2D eigenvalue weighted by molar-refractivity contribution is 5.88. The van der Waals surface area contributed by atoms with Crippen LogP contribution >= 0.6 is 0 Å². The average molecular weight is 477 g/mol. The van der Waals surface area contributed by atoms with Gasteiger partial charge in [0.05, 0.1) is 12.0 Å². The Morgan fingerprint density at radius 1 is 0.971 bits per heavy atom. The van der Waals surface area contributed by atoms with Crippen molar-refractivity contribution in [1.29, 1.82) is 0 Å². The molecule has 2 amide bonds. The van der Waals surface area contributed by atoms with Gasteiger partial charge in [-0.3, -0.25) is 4.79 Å². The molecule has 0 radical (unpaired) electrons. The maximum atomic E-state index is 13.2. The highest BCUT2D eigenvalue weighted by Gasteiger charge is 2.48. The minimum absolute atomic E-state index is 0.0322. The number of rotatable bonds is 6. The van der Waals surface area contributed by atoms with Gasteiger partial charge in [0.1, 0.15) is 12.1 Å². The van der Waals surface area contributed by atoms with E-state index in [1.807, 2.05) is 24.3 Å². The summed E-state index contributed by atoms with van der Waals surface area (Å²) < 4.78 is 5.74. The number of alkyl carbamates (subject to hydrolysis) is 1. The second kappa shape index (κ2) is 9.02. The predicted molar refractivity (Wildman–Crippen MR) is 131 cm³/mol. The summed E-state index contributed by atoms with van der Waals surface area (Å²) >= 11 is 0. The molecule has 35 heavy (non-hydrogen) atoms. The highest BCUT2D eigenvalue weighted by atomic mass is 16.5. The molecule has 2 aromatic rings. The minimum atomic E-state index is -1.18. The second-order valence-electron chi connectivity index (χ2n) is 10.3. The Morgan fingerprint density at radius 3 is 2.17 bits per heavy atom. The number of carbonyl (C=O) groups excluding carboxylic acids is 2. The molecule has 2 N–H and O–H groups in total. The molecule has 1 saturated carbocycles. The van der Waals surface area contributed by atoms with Gasteiger partial charge in [0.15, 0.2) is 0 Å². The number of ether oxygens (including phenoxy) is 1. The van der Waals surface area contributed by atoms with Crippen LogP contribution in [-0.4, -0.2) is 52.2 Å². The van der Waals surface area contributed by atoms with E-state index in [1.54, 1.807) is 6.92 Å². The summed E-state index contributed by atoms with van der Waals surface area (Å²) in [5, 5.41) is 12.7. The molecule has 7 nitrogen and oxygen atoms in total. The van der Waals surface area contributed by atoms with E-state index in [1.165, 1.54) is 16.0 Å². The number of fused-ring (bicyclic) bond motifs is 3. The molecule has 0 bridgehead atoms. The fraction of sp³-hybridized carbons (Fsp3) is 0.464. The van der Waals surface area contributed by atoms with E-state index in [0.717, 1.165) is 24.0 Å². The van der Waals surface area contributed by atoms with Crippen molar-refractivity contribution in [3.05, 3.63) is 59.7 Å². The third-order valence-corrected chi connectivity index (χ3v) is 8.16. The van der Waals surface area contributed by atoms with E-state index in [0.29, 0.717) is 32.2 Å². The molecule has 1 saturated heterocycles. The first-order valence-electron chi connectivity index (χ1n) is 12.5. The van der Waals surface area contributed by atoms with Crippen LogP contribution in [0.2, 0.25) is 0 Å². The van der Waals surface area contributed by atoms with Gasteiger partial charge < -0.3 is 20.1 Å². The molecule has 2 aliphatic carbocycles. The molecule has 1 aliphatic heterocycles. The standard InChI is InChI=1S/C28H32N2O5/c1-27(25(32)33)13-8-16-30(27)24(31)17-28(14-6-7-15-28)29-26(34)35-18-23-21-11-4-2-9-19(21)20-10-3-5-12-22(20)23/h2-5,9-12,23H,6-8,13-18H2,1H3,(H,29,34)(H,32,33). The van der Waals surface area contributed by atoms with Gasteiger partial charge in [-0.1, -0.05) is 61.4 Å². The number of amides is 2. The SMILES string of the molecule is CC1(C(=O)O)CCCN1C(=O)CC1(NC(=O)OCC2c3ccccc3-c3ccccc32)CCCC1. The van der Waals surface area contributed by atoms with Crippen LogP contribution in [0.15, 0.2) is 48.5 Å². The lowest BCUT2D eigenvalue weighted by molar-refractivity contribution is -0.155. The molecule has 2 aromatic carbocycles. The van der Waals surface area contributed by atoms with Crippen LogP contribution in [-0.2, 0) is 14.3 Å². The predicted octanol–water partition coefficient (Wildman–Crippen LogP) is 4.69. The fourth-order valence-electron chi connectivity index (χ4n) is 6.22. The number of benzene rings is 2. The van der Waals surface area contributed by atoms with Crippen LogP contribution in [0.3, 0.4) is 0 Å².